The van der Waals surface area contributed by atoms with E-state index in [1.807, 2.05) is 73.8 Å². The lowest BCUT2D eigenvalue weighted by Crippen LogP contribution is -2.59. The first-order valence-corrected chi connectivity index (χ1v) is 17.1. The van der Waals surface area contributed by atoms with Crippen molar-refractivity contribution in [2.45, 2.75) is 71.3 Å². The van der Waals surface area contributed by atoms with Gasteiger partial charge in [0.1, 0.15) is 17.1 Å². The molecule has 14 heteroatoms. The molecular formula is C35H48N6O7S. The Morgan fingerprint density at radius 3 is 2.04 bits per heavy atom. The molecule has 4 amide bonds. The van der Waals surface area contributed by atoms with Crippen molar-refractivity contribution in [1.82, 2.24) is 31.4 Å². The zero-order valence-corrected chi connectivity index (χ0v) is 29.7. The molecule has 0 radical (unpaired) electrons. The number of ether oxygens (including phenoxy) is 2. The number of carbonyl (C=O) groups excluding carboxylic acids is 4. The van der Waals surface area contributed by atoms with Crippen LogP contribution in [0.3, 0.4) is 0 Å². The van der Waals surface area contributed by atoms with E-state index in [-0.39, 0.29) is 31.3 Å². The molecule has 0 aliphatic carbocycles. The number of rotatable bonds is 17. The van der Waals surface area contributed by atoms with Gasteiger partial charge in [-0.25, -0.2) is 19.6 Å². The second kappa shape index (κ2) is 19.5. The van der Waals surface area contributed by atoms with E-state index in [9.17, 15) is 24.3 Å². The van der Waals surface area contributed by atoms with Crippen molar-refractivity contribution in [3.05, 3.63) is 77.3 Å². The minimum absolute atomic E-state index is 0.0980. The Morgan fingerprint density at radius 2 is 1.49 bits per heavy atom. The maximum atomic E-state index is 13.6. The lowest BCUT2D eigenvalue weighted by atomic mass is 9.96. The van der Waals surface area contributed by atoms with Gasteiger partial charge in [-0.05, 0) is 29.4 Å². The van der Waals surface area contributed by atoms with Crippen LogP contribution in [0.2, 0.25) is 0 Å². The smallest absolute Gasteiger partial charge is 0.407 e. The highest BCUT2D eigenvalue weighted by molar-refractivity contribution is 7.13. The molecule has 2 aromatic carbocycles. The topological polar surface area (TPSA) is 171 Å². The standard InChI is InChI=1S/C35H48N6O7S/c1-7-23(4)30(39-35(46)48-6)31(43)37-27(19-24-11-9-8-10-12-24)28(42)21-41(40-32(44)29(22(2)3)38-34(45)47-5)20-25-13-15-26(16-14-25)33-36-17-18-49-33/h8-18,22-23,27-30,42H,7,19-21H2,1-6H3,(H,37,43)(H,38,45)(H,39,46)(H,40,44)/t23-,27-,28-,29-,30-/m0/s1. The molecule has 0 aliphatic rings. The highest BCUT2D eigenvalue weighted by Crippen LogP contribution is 2.22. The molecule has 1 heterocycles. The van der Waals surface area contributed by atoms with Crippen LogP contribution < -0.4 is 21.4 Å². The molecule has 0 unspecified atom stereocenters. The molecule has 5 atom stereocenters. The number of nitrogens with zero attached hydrogens (tertiary/aromatic N) is 2. The molecule has 49 heavy (non-hydrogen) atoms. The summed E-state index contributed by atoms with van der Waals surface area (Å²) in [6.07, 6.45) is -0.0773. The fourth-order valence-electron chi connectivity index (χ4n) is 5.10. The van der Waals surface area contributed by atoms with Gasteiger partial charge in [0.2, 0.25) is 5.91 Å². The Labute approximate surface area is 291 Å². The van der Waals surface area contributed by atoms with Crippen LogP contribution in [-0.4, -0.2) is 84.1 Å². The van der Waals surface area contributed by atoms with Crippen molar-refractivity contribution in [1.29, 1.82) is 0 Å². The van der Waals surface area contributed by atoms with Crippen LogP contribution >= 0.6 is 11.3 Å². The minimum Gasteiger partial charge on any atom is -0.453 e. The van der Waals surface area contributed by atoms with E-state index < -0.39 is 48.2 Å². The highest BCUT2D eigenvalue weighted by atomic mass is 32.1. The van der Waals surface area contributed by atoms with Crippen molar-refractivity contribution in [2.24, 2.45) is 11.8 Å². The van der Waals surface area contributed by atoms with Gasteiger partial charge in [0.25, 0.3) is 5.91 Å². The van der Waals surface area contributed by atoms with Crippen LogP contribution in [0, 0.1) is 11.8 Å². The van der Waals surface area contributed by atoms with Gasteiger partial charge in [0, 0.05) is 30.2 Å². The van der Waals surface area contributed by atoms with Gasteiger partial charge < -0.3 is 30.5 Å². The zero-order chi connectivity index (χ0) is 35.9. The molecule has 0 fully saturated rings. The number of nitrogens with one attached hydrogen (secondary N) is 4. The predicted octanol–water partition coefficient (Wildman–Crippen LogP) is 3.88. The Morgan fingerprint density at radius 1 is 0.857 bits per heavy atom. The molecule has 3 aromatic rings. The number of amides is 4. The van der Waals surface area contributed by atoms with Crippen molar-refractivity contribution in [3.8, 4) is 10.6 Å². The second-order valence-electron chi connectivity index (χ2n) is 12.1. The summed E-state index contributed by atoms with van der Waals surface area (Å²) < 4.78 is 9.48. The number of hydrazine groups is 1. The molecule has 1 aromatic heterocycles. The number of methoxy groups -OCH3 is 2. The van der Waals surface area contributed by atoms with Crippen LogP contribution in [0.15, 0.2) is 66.2 Å². The first-order valence-electron chi connectivity index (χ1n) is 16.2. The summed E-state index contributed by atoms with van der Waals surface area (Å²) in [5, 5.41) is 24.2. The summed E-state index contributed by atoms with van der Waals surface area (Å²) in [6, 6.07) is 14.4. The summed E-state index contributed by atoms with van der Waals surface area (Å²) in [7, 11) is 2.44. The fraction of sp³-hybridized carbons (Fsp3) is 0.457. The average Bonchev–Trinajstić information content (AvgIpc) is 3.64. The number of aliphatic hydroxyl groups excluding tert-OH is 1. The highest BCUT2D eigenvalue weighted by Gasteiger charge is 2.32. The Bertz CT molecular complexity index is 1470. The fourth-order valence-corrected chi connectivity index (χ4v) is 5.74. The number of thiazole rings is 1. The molecular weight excluding hydrogens is 648 g/mol. The molecule has 5 N–H and O–H groups in total. The number of aliphatic hydroxyl groups is 1. The number of carbonyl (C=O) groups is 4. The van der Waals surface area contributed by atoms with Gasteiger partial charge in [-0.1, -0.05) is 88.7 Å². The third-order valence-corrected chi connectivity index (χ3v) is 8.96. The zero-order valence-electron chi connectivity index (χ0n) is 28.8. The molecule has 0 saturated heterocycles. The first-order chi connectivity index (χ1) is 23.4. The van der Waals surface area contributed by atoms with Crippen LogP contribution in [0.5, 0.6) is 0 Å². The van der Waals surface area contributed by atoms with E-state index in [4.69, 9.17) is 9.47 Å². The predicted molar refractivity (Wildman–Crippen MR) is 187 cm³/mol. The van der Waals surface area contributed by atoms with E-state index in [0.29, 0.717) is 6.42 Å². The lowest BCUT2D eigenvalue weighted by Gasteiger charge is -2.33. The number of aromatic nitrogens is 1. The van der Waals surface area contributed by atoms with Gasteiger partial charge in [-0.15, -0.1) is 11.3 Å². The van der Waals surface area contributed by atoms with E-state index in [2.05, 4.69) is 26.4 Å². The quantitative estimate of drug-likeness (QED) is 0.131. The summed E-state index contributed by atoms with van der Waals surface area (Å²) >= 11 is 1.52. The van der Waals surface area contributed by atoms with Gasteiger partial charge >= 0.3 is 12.2 Å². The van der Waals surface area contributed by atoms with Gasteiger partial charge in [-0.2, -0.15) is 0 Å². The number of hydrogen-bond donors (Lipinski definition) is 5. The lowest BCUT2D eigenvalue weighted by molar-refractivity contribution is -0.131. The third-order valence-electron chi connectivity index (χ3n) is 8.14. The normalized spacial score (nSPS) is 14.2. The largest absolute Gasteiger partial charge is 0.453 e. The molecule has 0 saturated carbocycles. The number of benzene rings is 2. The molecule has 0 spiro atoms. The third kappa shape index (κ3) is 12.1. The van der Waals surface area contributed by atoms with E-state index >= 15 is 0 Å². The Balaban J connectivity index is 1.91. The molecule has 3 rings (SSSR count). The Hall–Kier alpha value is -4.53. The van der Waals surface area contributed by atoms with Crippen molar-refractivity contribution in [2.75, 3.05) is 20.8 Å². The first kappa shape index (κ1) is 38.9. The van der Waals surface area contributed by atoms with Crippen molar-refractivity contribution in [3.63, 3.8) is 0 Å². The van der Waals surface area contributed by atoms with E-state index in [1.54, 1.807) is 25.1 Å². The summed E-state index contributed by atoms with van der Waals surface area (Å²) in [4.78, 5) is 55.7. The molecule has 13 nitrogen and oxygen atoms in total. The maximum Gasteiger partial charge on any atom is 0.407 e. The van der Waals surface area contributed by atoms with E-state index in [1.165, 1.54) is 25.6 Å². The average molecular weight is 697 g/mol. The Kier molecular flexibility index (Phi) is 15.5. The van der Waals surface area contributed by atoms with Gasteiger partial charge in [0.05, 0.1) is 26.4 Å². The van der Waals surface area contributed by atoms with Crippen molar-refractivity contribution >= 4 is 35.3 Å². The number of alkyl carbamates (subject to hydrolysis) is 2. The number of hydrogen-bond acceptors (Lipinski definition) is 10. The summed E-state index contributed by atoms with van der Waals surface area (Å²) in [5.41, 5.74) is 5.51. The second-order valence-corrected chi connectivity index (χ2v) is 13.0. The molecule has 266 valence electrons. The van der Waals surface area contributed by atoms with Crippen LogP contribution in [0.1, 0.15) is 45.2 Å². The van der Waals surface area contributed by atoms with Crippen LogP contribution in [0.4, 0.5) is 9.59 Å². The summed E-state index contributed by atoms with van der Waals surface area (Å²) in [5.74, 6) is -1.49. The molecule has 0 bridgehead atoms. The van der Waals surface area contributed by atoms with Crippen LogP contribution in [0.25, 0.3) is 10.6 Å². The maximum absolute atomic E-state index is 13.6. The molecule has 0 aliphatic heterocycles. The monoisotopic (exact) mass is 696 g/mol. The van der Waals surface area contributed by atoms with Crippen molar-refractivity contribution < 1.29 is 33.8 Å². The van der Waals surface area contributed by atoms with Gasteiger partial charge in [0.15, 0.2) is 0 Å². The van der Waals surface area contributed by atoms with E-state index in [0.717, 1.165) is 21.7 Å². The SMILES string of the molecule is CC[C@H](C)[C@H](NC(=O)OC)C(=O)N[C@@H](Cc1ccccc1)[C@@H](O)CN(Cc1ccc(-c2nccs2)cc1)NC(=O)[C@@H](NC(=O)OC)C(C)C. The summed E-state index contributed by atoms with van der Waals surface area (Å²) in [6.45, 7) is 7.42. The minimum atomic E-state index is -1.19. The van der Waals surface area contributed by atoms with Crippen LogP contribution in [-0.2, 0) is 32.0 Å². The van der Waals surface area contributed by atoms with Gasteiger partial charge in [-0.3, -0.25) is 15.0 Å².